The Morgan fingerprint density at radius 1 is 1.13 bits per heavy atom. The molecular weight excluding hydrogens is 430 g/mol. The number of nitrogens with one attached hydrogen (secondary N) is 1. The molecule has 162 valence electrons. The summed E-state index contributed by atoms with van der Waals surface area (Å²) in [6.07, 6.45) is 0. The van der Waals surface area contributed by atoms with Gasteiger partial charge in [-0.25, -0.2) is 4.39 Å². The molecule has 2 rings (SSSR count). The summed E-state index contributed by atoms with van der Waals surface area (Å²) in [5, 5.41) is 3.59. The summed E-state index contributed by atoms with van der Waals surface area (Å²) < 4.78 is 19.1. The second kappa shape index (κ2) is 10.1. The van der Waals surface area contributed by atoms with E-state index < -0.39 is 29.9 Å². The monoisotopic (exact) mass is 454 g/mol. The Morgan fingerprint density at radius 2 is 1.80 bits per heavy atom. The van der Waals surface area contributed by atoms with Gasteiger partial charge in [0.05, 0.1) is 10.0 Å². The molecule has 1 N–H and O–H groups in total. The van der Waals surface area contributed by atoms with Crippen molar-refractivity contribution in [1.29, 1.82) is 0 Å². The van der Waals surface area contributed by atoms with Crippen LogP contribution in [0, 0.1) is 5.82 Å². The van der Waals surface area contributed by atoms with Gasteiger partial charge in [0.15, 0.2) is 18.2 Å². The highest BCUT2D eigenvalue weighted by Crippen LogP contribution is 2.24. The van der Waals surface area contributed by atoms with Crippen molar-refractivity contribution in [3.63, 3.8) is 0 Å². The number of rotatable bonds is 7. The van der Waals surface area contributed by atoms with Crippen LogP contribution >= 0.6 is 23.2 Å². The van der Waals surface area contributed by atoms with E-state index in [0.29, 0.717) is 15.6 Å². The Labute approximate surface area is 186 Å². The number of para-hydroxylation sites is 1. The molecule has 5 nitrogen and oxygen atoms in total. The maximum Gasteiger partial charge on any atom is 0.261 e. The van der Waals surface area contributed by atoms with Crippen LogP contribution in [-0.4, -0.2) is 34.9 Å². The maximum atomic E-state index is 13.8. The molecule has 0 bridgehead atoms. The summed E-state index contributed by atoms with van der Waals surface area (Å²) in [5.41, 5.74) is 0.229. The van der Waals surface area contributed by atoms with Gasteiger partial charge < -0.3 is 15.0 Å². The molecule has 0 saturated carbocycles. The van der Waals surface area contributed by atoms with Gasteiger partial charge in [-0.2, -0.15) is 0 Å². The van der Waals surface area contributed by atoms with Crippen LogP contribution in [0.1, 0.15) is 33.3 Å². The molecule has 30 heavy (non-hydrogen) atoms. The first-order valence-electron chi connectivity index (χ1n) is 9.40. The summed E-state index contributed by atoms with van der Waals surface area (Å²) in [4.78, 5) is 27.0. The lowest BCUT2D eigenvalue weighted by Gasteiger charge is -2.31. The lowest BCUT2D eigenvalue weighted by Crippen LogP contribution is -2.53. The van der Waals surface area contributed by atoms with Gasteiger partial charge in [-0.05, 0) is 57.5 Å². The highest BCUT2D eigenvalue weighted by Gasteiger charge is 2.29. The van der Waals surface area contributed by atoms with E-state index in [1.54, 1.807) is 31.2 Å². The highest BCUT2D eigenvalue weighted by molar-refractivity contribution is 6.42. The van der Waals surface area contributed by atoms with Gasteiger partial charge >= 0.3 is 0 Å². The molecule has 0 aromatic heterocycles. The number of carbonyl (C=O) groups excluding carboxylic acids is 2. The van der Waals surface area contributed by atoms with Crippen LogP contribution in [0.25, 0.3) is 0 Å². The van der Waals surface area contributed by atoms with Crippen molar-refractivity contribution < 1.29 is 18.7 Å². The second-order valence-corrected chi connectivity index (χ2v) is 8.72. The van der Waals surface area contributed by atoms with Crippen molar-refractivity contribution in [3.05, 3.63) is 63.9 Å². The fourth-order valence-corrected chi connectivity index (χ4v) is 3.00. The second-order valence-electron chi connectivity index (χ2n) is 7.90. The van der Waals surface area contributed by atoms with E-state index in [-0.39, 0.29) is 18.2 Å². The smallest absolute Gasteiger partial charge is 0.261 e. The van der Waals surface area contributed by atoms with Crippen LogP contribution in [0.2, 0.25) is 10.0 Å². The lowest BCUT2D eigenvalue weighted by atomic mass is 10.1. The summed E-state index contributed by atoms with van der Waals surface area (Å²) in [6, 6.07) is 9.99. The van der Waals surface area contributed by atoms with Gasteiger partial charge in [-0.1, -0.05) is 41.4 Å². The van der Waals surface area contributed by atoms with Crippen molar-refractivity contribution in [2.24, 2.45) is 0 Å². The number of benzene rings is 2. The Kier molecular flexibility index (Phi) is 8.10. The summed E-state index contributed by atoms with van der Waals surface area (Å²) in [7, 11) is 0. The van der Waals surface area contributed by atoms with Crippen LogP contribution in [-0.2, 0) is 16.1 Å². The first-order valence-corrected chi connectivity index (χ1v) is 10.2. The largest absolute Gasteiger partial charge is 0.481 e. The molecule has 0 heterocycles. The Morgan fingerprint density at radius 3 is 2.40 bits per heavy atom. The predicted octanol–water partition coefficient (Wildman–Crippen LogP) is 4.84. The third-order valence-electron chi connectivity index (χ3n) is 4.19. The zero-order valence-corrected chi connectivity index (χ0v) is 18.9. The van der Waals surface area contributed by atoms with Crippen LogP contribution in [0.5, 0.6) is 5.75 Å². The summed E-state index contributed by atoms with van der Waals surface area (Å²) in [6.45, 7) is 6.86. The van der Waals surface area contributed by atoms with Crippen molar-refractivity contribution in [2.45, 2.75) is 45.8 Å². The van der Waals surface area contributed by atoms with Gasteiger partial charge in [0.2, 0.25) is 5.91 Å². The minimum absolute atomic E-state index is 0.0351. The van der Waals surface area contributed by atoms with Gasteiger partial charge in [0.25, 0.3) is 5.91 Å². The van der Waals surface area contributed by atoms with Gasteiger partial charge in [0, 0.05) is 12.1 Å². The number of hydrogen-bond acceptors (Lipinski definition) is 3. The zero-order valence-electron chi connectivity index (χ0n) is 17.3. The van der Waals surface area contributed by atoms with E-state index in [1.165, 1.54) is 23.1 Å². The van der Waals surface area contributed by atoms with Gasteiger partial charge in [0.1, 0.15) is 6.04 Å². The molecule has 2 aromatic carbocycles. The topological polar surface area (TPSA) is 58.6 Å². The molecule has 0 aliphatic heterocycles. The van der Waals surface area contributed by atoms with Gasteiger partial charge in [-0.15, -0.1) is 0 Å². The first kappa shape index (κ1) is 24.0. The third kappa shape index (κ3) is 6.89. The molecule has 0 spiro atoms. The van der Waals surface area contributed by atoms with E-state index in [1.807, 2.05) is 20.8 Å². The molecular formula is C22H25Cl2FN2O3. The molecule has 8 heteroatoms. The van der Waals surface area contributed by atoms with E-state index in [9.17, 15) is 14.0 Å². The Hall–Kier alpha value is -2.31. The van der Waals surface area contributed by atoms with E-state index in [4.69, 9.17) is 27.9 Å². The molecule has 0 aliphatic rings. The average Bonchev–Trinajstić information content (AvgIpc) is 2.66. The van der Waals surface area contributed by atoms with Crippen molar-refractivity contribution >= 4 is 35.0 Å². The van der Waals surface area contributed by atoms with Crippen LogP contribution < -0.4 is 10.1 Å². The molecule has 0 saturated heterocycles. The molecule has 0 unspecified atom stereocenters. The molecule has 0 aliphatic carbocycles. The maximum absolute atomic E-state index is 13.8. The van der Waals surface area contributed by atoms with E-state index in [2.05, 4.69) is 5.32 Å². The van der Waals surface area contributed by atoms with Gasteiger partial charge in [-0.3, -0.25) is 9.59 Å². The van der Waals surface area contributed by atoms with Crippen LogP contribution in [0.4, 0.5) is 4.39 Å². The molecule has 2 amide bonds. The van der Waals surface area contributed by atoms with Crippen LogP contribution in [0.3, 0.4) is 0 Å². The van der Waals surface area contributed by atoms with Crippen molar-refractivity contribution in [3.8, 4) is 5.75 Å². The number of carbonyl (C=O) groups is 2. The molecule has 2 aromatic rings. The fraction of sp³-hybridized carbons (Fsp3) is 0.364. The number of halogens is 3. The van der Waals surface area contributed by atoms with Crippen LogP contribution in [0.15, 0.2) is 42.5 Å². The fourth-order valence-electron chi connectivity index (χ4n) is 2.68. The minimum atomic E-state index is -0.796. The van der Waals surface area contributed by atoms with Crippen molar-refractivity contribution in [2.75, 3.05) is 6.61 Å². The summed E-state index contributed by atoms with van der Waals surface area (Å²) >= 11 is 12.0. The normalized spacial score (nSPS) is 12.2. The van der Waals surface area contributed by atoms with Crippen molar-refractivity contribution in [1.82, 2.24) is 10.2 Å². The SMILES string of the molecule is C[C@H](C(=O)NC(C)(C)C)N(Cc1ccc(Cl)c(Cl)c1)C(=O)COc1ccccc1F. The molecule has 0 radical (unpaired) electrons. The quantitative estimate of drug-likeness (QED) is 0.650. The number of hydrogen-bond donors (Lipinski definition) is 1. The average molecular weight is 455 g/mol. The molecule has 1 atom stereocenters. The predicted molar refractivity (Wildman–Crippen MR) is 116 cm³/mol. The Bertz CT molecular complexity index is 915. The van der Waals surface area contributed by atoms with E-state index in [0.717, 1.165) is 0 Å². The minimum Gasteiger partial charge on any atom is -0.481 e. The number of amides is 2. The van der Waals surface area contributed by atoms with E-state index >= 15 is 0 Å². The first-order chi connectivity index (χ1) is 14.0. The zero-order chi connectivity index (χ0) is 22.5. The lowest BCUT2D eigenvalue weighted by molar-refractivity contribution is -0.142. The Balaban J connectivity index is 2.22. The number of ether oxygens (including phenoxy) is 1. The number of nitrogens with zero attached hydrogens (tertiary/aromatic N) is 1. The summed E-state index contributed by atoms with van der Waals surface area (Å²) in [5.74, 6) is -1.39. The highest BCUT2D eigenvalue weighted by atomic mass is 35.5. The third-order valence-corrected chi connectivity index (χ3v) is 4.93. The standard InChI is InChI=1S/C22H25Cl2FN2O3/c1-14(21(29)26-22(2,3)4)27(12-15-9-10-16(23)17(24)11-15)20(28)13-30-19-8-6-5-7-18(19)25/h5-11,14H,12-13H2,1-4H3,(H,26,29)/t14-/m1/s1. The molecule has 0 fully saturated rings.